The molecule has 1 aromatic rings. The summed E-state index contributed by atoms with van der Waals surface area (Å²) in [5, 5.41) is 13.1. The van der Waals surface area contributed by atoms with Crippen molar-refractivity contribution in [1.29, 1.82) is 0 Å². The van der Waals surface area contributed by atoms with Crippen LogP contribution in [0.4, 0.5) is 0 Å². The van der Waals surface area contributed by atoms with Gasteiger partial charge in [-0.3, -0.25) is 0 Å². The van der Waals surface area contributed by atoms with Crippen molar-refractivity contribution < 1.29 is 9.84 Å². The molecule has 0 bridgehead atoms. The van der Waals surface area contributed by atoms with E-state index in [9.17, 15) is 5.11 Å². The molecule has 0 amide bonds. The Morgan fingerprint density at radius 1 is 1.14 bits per heavy atom. The molecule has 1 aliphatic carbocycles. The van der Waals surface area contributed by atoms with Gasteiger partial charge in [0.25, 0.3) is 0 Å². The Labute approximate surface area is 128 Å². The number of aliphatic hydroxyl groups is 1. The molecule has 0 heterocycles. The molecule has 1 saturated carbocycles. The molecule has 1 aliphatic rings. The van der Waals surface area contributed by atoms with E-state index < -0.39 is 0 Å². The molecular formula is C18H29NO2. The second-order valence-corrected chi connectivity index (χ2v) is 6.56. The van der Waals surface area contributed by atoms with Gasteiger partial charge in [0.15, 0.2) is 0 Å². The van der Waals surface area contributed by atoms with Crippen molar-refractivity contribution in [2.45, 2.75) is 64.6 Å². The van der Waals surface area contributed by atoms with Crippen LogP contribution in [-0.4, -0.2) is 23.9 Å². The third-order valence-corrected chi connectivity index (χ3v) is 4.18. The van der Waals surface area contributed by atoms with Crippen molar-refractivity contribution in [3.63, 3.8) is 0 Å². The predicted octanol–water partition coefficient (Wildman–Crippen LogP) is 3.50. The summed E-state index contributed by atoms with van der Waals surface area (Å²) in [7, 11) is 0. The summed E-state index contributed by atoms with van der Waals surface area (Å²) < 4.78 is 5.73. The van der Waals surface area contributed by atoms with Gasteiger partial charge in [-0.2, -0.15) is 0 Å². The molecule has 2 N–H and O–H groups in total. The van der Waals surface area contributed by atoms with Crippen LogP contribution in [0.3, 0.4) is 0 Å². The molecule has 3 nitrogen and oxygen atoms in total. The van der Waals surface area contributed by atoms with Crippen LogP contribution in [0.5, 0.6) is 5.75 Å². The van der Waals surface area contributed by atoms with E-state index in [1.165, 1.54) is 5.56 Å². The van der Waals surface area contributed by atoms with Gasteiger partial charge in [0.1, 0.15) is 5.75 Å². The van der Waals surface area contributed by atoms with Crippen molar-refractivity contribution in [1.82, 2.24) is 5.32 Å². The monoisotopic (exact) mass is 291 g/mol. The van der Waals surface area contributed by atoms with Crippen molar-refractivity contribution in [2.24, 2.45) is 5.92 Å². The minimum atomic E-state index is -0.0784. The topological polar surface area (TPSA) is 41.5 Å². The maximum Gasteiger partial charge on any atom is 0.119 e. The Morgan fingerprint density at radius 3 is 2.43 bits per heavy atom. The van der Waals surface area contributed by atoms with Gasteiger partial charge >= 0.3 is 0 Å². The minimum Gasteiger partial charge on any atom is -0.494 e. The lowest BCUT2D eigenvalue weighted by Crippen LogP contribution is -2.34. The highest BCUT2D eigenvalue weighted by molar-refractivity contribution is 5.27. The molecule has 3 heteroatoms. The molecule has 0 spiro atoms. The standard InChI is InChI=1S/C18H29NO2/c1-14(2)11-12-21-18-9-3-15(4-10-18)13-19-16-5-7-17(20)8-6-16/h3-4,9-10,14,16-17,19-20H,5-8,11-13H2,1-2H3. The van der Waals surface area contributed by atoms with E-state index in [1.54, 1.807) is 0 Å². The van der Waals surface area contributed by atoms with E-state index in [1.807, 2.05) is 0 Å². The fraction of sp³-hybridized carbons (Fsp3) is 0.667. The smallest absolute Gasteiger partial charge is 0.119 e. The van der Waals surface area contributed by atoms with Gasteiger partial charge in [0, 0.05) is 12.6 Å². The average Bonchev–Trinajstić information content (AvgIpc) is 2.48. The molecule has 0 aromatic heterocycles. The first kappa shape index (κ1) is 16.3. The fourth-order valence-corrected chi connectivity index (χ4v) is 2.66. The summed E-state index contributed by atoms with van der Waals surface area (Å²) in [6.07, 6.45) is 5.04. The summed E-state index contributed by atoms with van der Waals surface area (Å²) >= 11 is 0. The third-order valence-electron chi connectivity index (χ3n) is 4.18. The Balaban J connectivity index is 1.69. The zero-order chi connectivity index (χ0) is 15.1. The van der Waals surface area contributed by atoms with Crippen molar-refractivity contribution >= 4 is 0 Å². The summed E-state index contributed by atoms with van der Waals surface area (Å²) in [5.74, 6) is 1.64. The van der Waals surface area contributed by atoms with Crippen LogP contribution in [0.2, 0.25) is 0 Å². The second-order valence-electron chi connectivity index (χ2n) is 6.56. The molecule has 21 heavy (non-hydrogen) atoms. The maximum absolute atomic E-state index is 9.51. The second kappa shape index (κ2) is 8.40. The quantitative estimate of drug-likeness (QED) is 0.808. The first-order chi connectivity index (χ1) is 10.1. The van der Waals surface area contributed by atoms with Gasteiger partial charge < -0.3 is 15.2 Å². The van der Waals surface area contributed by atoms with Crippen LogP contribution in [0.25, 0.3) is 0 Å². The highest BCUT2D eigenvalue weighted by Gasteiger charge is 2.18. The predicted molar refractivity (Wildman–Crippen MR) is 86.5 cm³/mol. The maximum atomic E-state index is 9.51. The lowest BCUT2D eigenvalue weighted by atomic mass is 9.93. The Bertz CT molecular complexity index is 394. The van der Waals surface area contributed by atoms with E-state index in [0.29, 0.717) is 12.0 Å². The molecule has 1 fully saturated rings. The van der Waals surface area contributed by atoms with Crippen LogP contribution in [-0.2, 0) is 6.54 Å². The van der Waals surface area contributed by atoms with Crippen molar-refractivity contribution in [3.05, 3.63) is 29.8 Å². The third kappa shape index (κ3) is 6.06. The summed E-state index contributed by atoms with van der Waals surface area (Å²) in [6, 6.07) is 8.93. The Morgan fingerprint density at radius 2 is 1.81 bits per heavy atom. The van der Waals surface area contributed by atoms with Gasteiger partial charge in [0.2, 0.25) is 0 Å². The molecule has 0 aliphatic heterocycles. The Hall–Kier alpha value is -1.06. The molecule has 0 atom stereocenters. The fourth-order valence-electron chi connectivity index (χ4n) is 2.66. The zero-order valence-electron chi connectivity index (χ0n) is 13.3. The number of ether oxygens (including phenoxy) is 1. The van der Waals surface area contributed by atoms with E-state index >= 15 is 0 Å². The number of rotatable bonds is 7. The number of aliphatic hydroxyl groups excluding tert-OH is 1. The number of hydrogen-bond donors (Lipinski definition) is 2. The summed E-state index contributed by atoms with van der Waals surface area (Å²) in [5.41, 5.74) is 1.29. The molecule has 0 saturated heterocycles. The van der Waals surface area contributed by atoms with E-state index in [0.717, 1.165) is 51.0 Å². The van der Waals surface area contributed by atoms with Gasteiger partial charge in [0.05, 0.1) is 12.7 Å². The number of hydrogen-bond acceptors (Lipinski definition) is 3. The highest BCUT2D eigenvalue weighted by Crippen LogP contribution is 2.19. The van der Waals surface area contributed by atoms with Gasteiger partial charge in [-0.05, 0) is 55.7 Å². The van der Waals surface area contributed by atoms with Crippen LogP contribution in [0, 0.1) is 5.92 Å². The van der Waals surface area contributed by atoms with Crippen molar-refractivity contribution in [3.8, 4) is 5.75 Å². The lowest BCUT2D eigenvalue weighted by molar-refractivity contribution is 0.116. The van der Waals surface area contributed by atoms with Gasteiger partial charge in [-0.1, -0.05) is 26.0 Å². The molecule has 0 radical (unpaired) electrons. The van der Waals surface area contributed by atoms with Gasteiger partial charge in [-0.25, -0.2) is 0 Å². The van der Waals surface area contributed by atoms with Crippen LogP contribution in [0.1, 0.15) is 51.5 Å². The number of benzene rings is 1. The molecule has 118 valence electrons. The van der Waals surface area contributed by atoms with Gasteiger partial charge in [-0.15, -0.1) is 0 Å². The summed E-state index contributed by atoms with van der Waals surface area (Å²) in [4.78, 5) is 0. The molecular weight excluding hydrogens is 262 g/mol. The van der Waals surface area contributed by atoms with E-state index in [-0.39, 0.29) is 6.10 Å². The van der Waals surface area contributed by atoms with Crippen LogP contribution >= 0.6 is 0 Å². The minimum absolute atomic E-state index is 0.0784. The first-order valence-corrected chi connectivity index (χ1v) is 8.26. The molecule has 2 rings (SSSR count). The molecule has 0 unspecified atom stereocenters. The van der Waals surface area contributed by atoms with E-state index in [4.69, 9.17) is 4.74 Å². The highest BCUT2D eigenvalue weighted by atomic mass is 16.5. The SMILES string of the molecule is CC(C)CCOc1ccc(CNC2CCC(O)CC2)cc1. The summed E-state index contributed by atoms with van der Waals surface area (Å²) in [6.45, 7) is 6.11. The normalized spacial score (nSPS) is 22.5. The lowest BCUT2D eigenvalue weighted by Gasteiger charge is -2.26. The average molecular weight is 291 g/mol. The van der Waals surface area contributed by atoms with E-state index in [2.05, 4.69) is 43.4 Å². The number of nitrogens with one attached hydrogen (secondary N) is 1. The largest absolute Gasteiger partial charge is 0.494 e. The van der Waals surface area contributed by atoms with Crippen LogP contribution < -0.4 is 10.1 Å². The Kier molecular flexibility index (Phi) is 6.52. The van der Waals surface area contributed by atoms with Crippen LogP contribution in [0.15, 0.2) is 24.3 Å². The first-order valence-electron chi connectivity index (χ1n) is 8.26. The zero-order valence-corrected chi connectivity index (χ0v) is 13.3. The molecule has 1 aromatic carbocycles. The van der Waals surface area contributed by atoms with Crippen molar-refractivity contribution in [2.75, 3.05) is 6.61 Å².